The van der Waals surface area contributed by atoms with Gasteiger partial charge in [-0.25, -0.2) is 0 Å². The lowest BCUT2D eigenvalue weighted by molar-refractivity contribution is -0.232. The van der Waals surface area contributed by atoms with E-state index in [1.807, 2.05) is 18.2 Å². The molecule has 0 saturated heterocycles. The van der Waals surface area contributed by atoms with Crippen molar-refractivity contribution in [3.63, 3.8) is 0 Å². The second kappa shape index (κ2) is 10.5. The van der Waals surface area contributed by atoms with Crippen molar-refractivity contribution in [1.29, 1.82) is 0 Å². The highest BCUT2D eigenvalue weighted by Gasteiger charge is 2.71. The zero-order valence-corrected chi connectivity index (χ0v) is 28.3. The van der Waals surface area contributed by atoms with E-state index >= 15 is 0 Å². The zero-order valence-electron chi connectivity index (χ0n) is 28.3. The molecule has 0 bridgehead atoms. The van der Waals surface area contributed by atoms with Gasteiger partial charge in [-0.2, -0.15) is 0 Å². The molecule has 1 aromatic heterocycles. The molecule has 6 heteroatoms. The first-order chi connectivity index (χ1) is 20.6. The molecule has 1 heterocycles. The van der Waals surface area contributed by atoms with Gasteiger partial charge >= 0.3 is 5.97 Å². The third-order valence-electron chi connectivity index (χ3n) is 14.3. The standard InChI is InChI=1S/C38H54N2O4/c1-23(2)31-27(42)21-38(33(43)40-22-25-11-9-10-20-39-25)19-18-36(7)26(32(31)38)12-13-29-35(6)16-15-30(44-24(3)41)34(4,5)28(35)14-17-37(29,36)8/h9-11,20,23,26,28-30H,12-19,21-22H2,1-8H3,(H,40,43)/t26-,28+,29-,30+,35+,36-,37-,38-/m1/s1. The molecule has 1 amide bonds. The Morgan fingerprint density at radius 3 is 2.36 bits per heavy atom. The van der Waals surface area contributed by atoms with Crippen LogP contribution in [-0.2, 0) is 25.7 Å². The zero-order chi connectivity index (χ0) is 31.9. The number of hydrogen-bond acceptors (Lipinski definition) is 5. The number of esters is 1. The fourth-order valence-electron chi connectivity index (χ4n) is 12.1. The van der Waals surface area contributed by atoms with Crippen LogP contribution in [0.1, 0.15) is 119 Å². The third kappa shape index (κ3) is 4.31. The van der Waals surface area contributed by atoms with Crippen molar-refractivity contribution in [1.82, 2.24) is 10.3 Å². The number of amides is 1. The van der Waals surface area contributed by atoms with E-state index < -0.39 is 5.41 Å². The van der Waals surface area contributed by atoms with E-state index in [4.69, 9.17) is 4.74 Å². The SMILES string of the molecule is CC(=O)O[C@H]1CC[C@]2(C)[C@H]3CC[C@@H]4C5=C(C(C)C)C(=O)C[C@]5(C(=O)NCc5ccccn5)CC[C@@]4(C)[C@]3(C)CC[C@H]2C1(C)C. The van der Waals surface area contributed by atoms with E-state index in [-0.39, 0.29) is 57.3 Å². The first kappa shape index (κ1) is 31.5. The smallest absolute Gasteiger partial charge is 0.302 e. The van der Waals surface area contributed by atoms with Gasteiger partial charge < -0.3 is 10.1 Å². The highest BCUT2D eigenvalue weighted by Crippen LogP contribution is 2.76. The minimum atomic E-state index is -0.746. The molecule has 4 fully saturated rings. The summed E-state index contributed by atoms with van der Waals surface area (Å²) >= 11 is 0. The summed E-state index contributed by atoms with van der Waals surface area (Å²) in [7, 11) is 0. The van der Waals surface area contributed by atoms with E-state index in [0.29, 0.717) is 24.8 Å². The quantitative estimate of drug-likeness (QED) is 0.351. The van der Waals surface area contributed by atoms with Gasteiger partial charge in [-0.3, -0.25) is 19.4 Å². The van der Waals surface area contributed by atoms with Crippen LogP contribution in [-0.4, -0.2) is 28.7 Å². The molecule has 0 radical (unpaired) electrons. The van der Waals surface area contributed by atoms with Crippen molar-refractivity contribution >= 4 is 17.7 Å². The van der Waals surface area contributed by atoms with Crippen LogP contribution in [0.3, 0.4) is 0 Å². The number of aromatic nitrogens is 1. The number of allylic oxidation sites excluding steroid dienone is 1. The molecule has 5 aliphatic carbocycles. The van der Waals surface area contributed by atoms with Crippen molar-refractivity contribution in [2.24, 2.45) is 50.7 Å². The second-order valence-corrected chi connectivity index (χ2v) is 16.7. The molecule has 0 spiro atoms. The summed E-state index contributed by atoms with van der Waals surface area (Å²) in [5, 5.41) is 3.23. The Balaban J connectivity index is 1.36. The first-order valence-electron chi connectivity index (χ1n) is 17.2. The summed E-state index contributed by atoms with van der Waals surface area (Å²) in [6.45, 7) is 18.5. The van der Waals surface area contributed by atoms with Crippen molar-refractivity contribution in [2.45, 2.75) is 126 Å². The number of ether oxygens (including phenoxy) is 1. The molecule has 4 saturated carbocycles. The molecule has 0 aliphatic heterocycles. The molecule has 240 valence electrons. The fraction of sp³-hybridized carbons (Fsp3) is 0.737. The van der Waals surface area contributed by atoms with E-state index in [1.54, 1.807) is 13.1 Å². The molecule has 1 aromatic rings. The van der Waals surface area contributed by atoms with Gasteiger partial charge in [0.05, 0.1) is 17.7 Å². The molecule has 0 unspecified atom stereocenters. The summed E-state index contributed by atoms with van der Waals surface area (Å²) in [6, 6.07) is 5.76. The Labute approximate surface area is 264 Å². The van der Waals surface area contributed by atoms with Crippen LogP contribution in [0, 0.1) is 50.7 Å². The number of pyridine rings is 1. The van der Waals surface area contributed by atoms with Crippen molar-refractivity contribution in [3.05, 3.63) is 41.2 Å². The summed E-state index contributed by atoms with van der Waals surface area (Å²) in [5.74, 6) is 1.39. The normalized spacial score (nSPS) is 40.9. The largest absolute Gasteiger partial charge is 0.462 e. The molecule has 44 heavy (non-hydrogen) atoms. The van der Waals surface area contributed by atoms with Crippen molar-refractivity contribution in [2.75, 3.05) is 0 Å². The molecule has 1 N–H and O–H groups in total. The van der Waals surface area contributed by atoms with Gasteiger partial charge in [-0.15, -0.1) is 0 Å². The van der Waals surface area contributed by atoms with E-state index in [1.165, 1.54) is 5.57 Å². The molecular formula is C38H54N2O4. The molecule has 6 rings (SSSR count). The first-order valence-corrected chi connectivity index (χ1v) is 17.2. The van der Waals surface area contributed by atoms with Crippen LogP contribution in [0.2, 0.25) is 0 Å². The van der Waals surface area contributed by atoms with E-state index in [9.17, 15) is 14.4 Å². The van der Waals surface area contributed by atoms with Gasteiger partial charge in [0.15, 0.2) is 5.78 Å². The number of fused-ring (bicyclic) bond motifs is 7. The van der Waals surface area contributed by atoms with Crippen molar-refractivity contribution in [3.8, 4) is 0 Å². The van der Waals surface area contributed by atoms with E-state index in [0.717, 1.165) is 62.6 Å². The lowest BCUT2D eigenvalue weighted by atomic mass is 9.33. The van der Waals surface area contributed by atoms with Crippen LogP contribution < -0.4 is 5.32 Å². The minimum absolute atomic E-state index is 0.00559. The number of ketones is 1. The average molecular weight is 603 g/mol. The average Bonchev–Trinajstić information content (AvgIpc) is 3.27. The lowest BCUT2D eigenvalue weighted by Gasteiger charge is -2.72. The van der Waals surface area contributed by atoms with Crippen LogP contribution in [0.4, 0.5) is 0 Å². The Bertz CT molecular complexity index is 1380. The number of nitrogens with zero attached hydrogens (tertiary/aromatic N) is 1. The number of Topliss-reactive ketones (excluding diaryl/α,β-unsaturated/α-hetero) is 1. The van der Waals surface area contributed by atoms with Gasteiger partial charge in [0.25, 0.3) is 0 Å². The summed E-state index contributed by atoms with van der Waals surface area (Å²) in [6.07, 6.45) is 10.1. The van der Waals surface area contributed by atoms with Gasteiger partial charge in [0.1, 0.15) is 6.10 Å². The van der Waals surface area contributed by atoms with Crippen LogP contribution >= 0.6 is 0 Å². The molecule has 5 aliphatic rings. The lowest BCUT2D eigenvalue weighted by Crippen LogP contribution is -2.66. The third-order valence-corrected chi connectivity index (χ3v) is 14.3. The number of carbonyl (C=O) groups excluding carboxylic acids is 3. The molecule has 6 nitrogen and oxygen atoms in total. The maximum Gasteiger partial charge on any atom is 0.302 e. The minimum Gasteiger partial charge on any atom is -0.462 e. The second-order valence-electron chi connectivity index (χ2n) is 16.7. The van der Waals surface area contributed by atoms with Crippen LogP contribution in [0.15, 0.2) is 35.5 Å². The Morgan fingerprint density at radius 2 is 1.70 bits per heavy atom. The number of rotatable bonds is 5. The van der Waals surface area contributed by atoms with E-state index in [2.05, 4.69) is 58.8 Å². The van der Waals surface area contributed by atoms with Crippen molar-refractivity contribution < 1.29 is 19.1 Å². The summed E-state index contributed by atoms with van der Waals surface area (Å²) in [5.41, 5.74) is 2.42. The van der Waals surface area contributed by atoms with Gasteiger partial charge in [0.2, 0.25) is 5.91 Å². The molecular weight excluding hydrogens is 548 g/mol. The highest BCUT2D eigenvalue weighted by molar-refractivity contribution is 6.06. The topological polar surface area (TPSA) is 85.4 Å². The van der Waals surface area contributed by atoms with Gasteiger partial charge in [0, 0.05) is 25.0 Å². The summed E-state index contributed by atoms with van der Waals surface area (Å²) in [4.78, 5) is 44.6. The Kier molecular flexibility index (Phi) is 7.53. The van der Waals surface area contributed by atoms with Crippen LogP contribution in [0.5, 0.6) is 0 Å². The Morgan fingerprint density at radius 1 is 0.955 bits per heavy atom. The maximum absolute atomic E-state index is 14.3. The molecule has 0 aromatic carbocycles. The highest BCUT2D eigenvalue weighted by atomic mass is 16.5. The van der Waals surface area contributed by atoms with Crippen LogP contribution in [0.25, 0.3) is 0 Å². The predicted molar refractivity (Wildman–Crippen MR) is 171 cm³/mol. The summed E-state index contributed by atoms with van der Waals surface area (Å²) < 4.78 is 5.92. The maximum atomic E-state index is 14.3. The predicted octanol–water partition coefficient (Wildman–Crippen LogP) is 7.61. The number of nitrogens with one attached hydrogen (secondary N) is 1. The Hall–Kier alpha value is -2.50. The fourth-order valence-corrected chi connectivity index (χ4v) is 12.1. The molecule has 8 atom stereocenters. The van der Waals surface area contributed by atoms with Gasteiger partial charge in [-0.05, 0) is 115 Å². The van der Waals surface area contributed by atoms with Gasteiger partial charge in [-0.1, -0.05) is 54.5 Å². The number of carbonyl (C=O) groups is 3. The monoisotopic (exact) mass is 602 g/mol. The number of hydrogen-bond donors (Lipinski definition) is 1.